The number of hydrogen-bond donors (Lipinski definition) is 1. The van der Waals surface area contributed by atoms with E-state index in [0.29, 0.717) is 6.04 Å². The van der Waals surface area contributed by atoms with Crippen molar-refractivity contribution in [3.8, 4) is 0 Å². The van der Waals surface area contributed by atoms with Gasteiger partial charge >= 0.3 is 0 Å². The molecule has 1 aliphatic heterocycles. The van der Waals surface area contributed by atoms with Crippen molar-refractivity contribution in [3.05, 3.63) is 34.9 Å². The Balaban J connectivity index is 2.13. The Labute approximate surface area is 84.1 Å². The van der Waals surface area contributed by atoms with Gasteiger partial charge in [-0.3, -0.25) is 0 Å². The van der Waals surface area contributed by atoms with Crippen molar-refractivity contribution in [2.45, 2.75) is 19.4 Å². The summed E-state index contributed by atoms with van der Waals surface area (Å²) in [6, 6.07) is 8.67. The Morgan fingerprint density at radius 2 is 2.00 bits per heavy atom. The summed E-state index contributed by atoms with van der Waals surface area (Å²) < 4.78 is 0. The van der Waals surface area contributed by atoms with Crippen LogP contribution in [0.1, 0.15) is 24.9 Å². The molecule has 2 rings (SSSR count). The molecule has 1 fully saturated rings. The summed E-state index contributed by atoms with van der Waals surface area (Å²) in [4.78, 5) is 0. The van der Waals surface area contributed by atoms with Gasteiger partial charge in [0.1, 0.15) is 0 Å². The van der Waals surface area contributed by atoms with Crippen LogP contribution in [0.15, 0.2) is 24.3 Å². The summed E-state index contributed by atoms with van der Waals surface area (Å²) in [7, 11) is 0. The molecule has 0 spiro atoms. The smallest absolute Gasteiger partial charge is 0.0406 e. The number of hydrogen-bond acceptors (Lipinski definition) is 1. The van der Waals surface area contributed by atoms with Crippen molar-refractivity contribution >= 4 is 11.6 Å². The number of halogens is 1. The summed E-state index contributed by atoms with van der Waals surface area (Å²) in [5, 5.41) is 4.31. The van der Waals surface area contributed by atoms with E-state index in [2.05, 4.69) is 24.4 Å². The Morgan fingerprint density at radius 1 is 1.31 bits per heavy atom. The van der Waals surface area contributed by atoms with Crippen LogP contribution < -0.4 is 5.32 Å². The van der Waals surface area contributed by atoms with E-state index in [9.17, 15) is 0 Å². The molecule has 1 aliphatic rings. The summed E-state index contributed by atoms with van der Waals surface area (Å²) >= 11 is 5.83. The second-order valence-corrected chi connectivity index (χ2v) is 4.29. The first-order valence-corrected chi connectivity index (χ1v) is 5.12. The molecule has 1 saturated heterocycles. The summed E-state index contributed by atoms with van der Waals surface area (Å²) in [5.41, 5.74) is 1.36. The van der Waals surface area contributed by atoms with Crippen LogP contribution >= 0.6 is 11.6 Å². The zero-order valence-corrected chi connectivity index (χ0v) is 8.51. The third kappa shape index (κ3) is 2.04. The van der Waals surface area contributed by atoms with Crippen molar-refractivity contribution in [3.63, 3.8) is 0 Å². The zero-order valence-electron chi connectivity index (χ0n) is 7.76. The first-order chi connectivity index (χ1) is 6.25. The largest absolute Gasteiger partial charge is 0.310 e. The van der Waals surface area contributed by atoms with E-state index >= 15 is 0 Å². The molecule has 0 saturated carbocycles. The predicted molar refractivity (Wildman–Crippen MR) is 56.0 cm³/mol. The van der Waals surface area contributed by atoms with Gasteiger partial charge in [-0.15, -0.1) is 0 Å². The lowest BCUT2D eigenvalue weighted by molar-refractivity contribution is 0.612. The van der Waals surface area contributed by atoms with Gasteiger partial charge in [0.2, 0.25) is 0 Å². The lowest BCUT2D eigenvalue weighted by Gasteiger charge is -2.10. The molecular weight excluding hydrogens is 182 g/mol. The van der Waals surface area contributed by atoms with Gasteiger partial charge in [0.15, 0.2) is 0 Å². The monoisotopic (exact) mass is 195 g/mol. The Hall–Kier alpha value is -0.530. The molecule has 2 heteroatoms. The van der Waals surface area contributed by atoms with Crippen LogP contribution in [0.25, 0.3) is 0 Å². The molecule has 0 aliphatic carbocycles. The standard InChI is InChI=1S/C11H14ClN/c1-8-6-11(13-7-8)9-2-4-10(12)5-3-9/h2-5,8,11,13H,6-7H2,1H3/t8-,11+/m0/s1. The highest BCUT2D eigenvalue weighted by molar-refractivity contribution is 6.30. The average Bonchev–Trinajstić information content (AvgIpc) is 2.53. The fourth-order valence-corrected chi connectivity index (χ4v) is 1.99. The SMILES string of the molecule is C[C@@H]1CN[C@@H](c2ccc(Cl)cc2)C1. The number of nitrogens with one attached hydrogen (secondary N) is 1. The number of benzene rings is 1. The van der Waals surface area contributed by atoms with Crippen LogP contribution in [0.5, 0.6) is 0 Å². The van der Waals surface area contributed by atoms with Crippen LogP contribution in [-0.2, 0) is 0 Å². The predicted octanol–water partition coefficient (Wildman–Crippen LogP) is 3.01. The van der Waals surface area contributed by atoms with Gasteiger partial charge in [0.05, 0.1) is 0 Å². The number of rotatable bonds is 1. The van der Waals surface area contributed by atoms with Crippen LogP contribution in [0.4, 0.5) is 0 Å². The molecule has 70 valence electrons. The van der Waals surface area contributed by atoms with Crippen molar-refractivity contribution < 1.29 is 0 Å². The quantitative estimate of drug-likeness (QED) is 0.727. The highest BCUT2D eigenvalue weighted by Crippen LogP contribution is 2.27. The van der Waals surface area contributed by atoms with Gasteiger partial charge in [-0.2, -0.15) is 0 Å². The topological polar surface area (TPSA) is 12.0 Å². The van der Waals surface area contributed by atoms with E-state index in [0.717, 1.165) is 17.5 Å². The van der Waals surface area contributed by atoms with E-state index in [1.165, 1.54) is 12.0 Å². The molecule has 1 aromatic rings. The molecule has 0 aromatic heterocycles. The van der Waals surface area contributed by atoms with Crippen molar-refractivity contribution in [2.24, 2.45) is 5.92 Å². The maximum Gasteiger partial charge on any atom is 0.0406 e. The lowest BCUT2D eigenvalue weighted by atomic mass is 10.0. The van der Waals surface area contributed by atoms with Gasteiger partial charge in [0, 0.05) is 11.1 Å². The maximum absolute atomic E-state index is 5.83. The molecule has 0 bridgehead atoms. The minimum absolute atomic E-state index is 0.535. The minimum Gasteiger partial charge on any atom is -0.310 e. The van der Waals surface area contributed by atoms with Crippen LogP contribution in [-0.4, -0.2) is 6.54 Å². The molecule has 1 heterocycles. The van der Waals surface area contributed by atoms with Crippen LogP contribution in [0.3, 0.4) is 0 Å². The second-order valence-electron chi connectivity index (χ2n) is 3.85. The summed E-state index contributed by atoms with van der Waals surface area (Å²) in [6.45, 7) is 3.41. The minimum atomic E-state index is 0.535. The molecule has 1 nitrogen and oxygen atoms in total. The molecule has 0 unspecified atom stereocenters. The Morgan fingerprint density at radius 3 is 2.54 bits per heavy atom. The molecular formula is C11H14ClN. The van der Waals surface area contributed by atoms with E-state index in [1.54, 1.807) is 0 Å². The average molecular weight is 196 g/mol. The highest BCUT2D eigenvalue weighted by Gasteiger charge is 2.21. The molecule has 0 radical (unpaired) electrons. The van der Waals surface area contributed by atoms with E-state index in [4.69, 9.17) is 11.6 Å². The first-order valence-electron chi connectivity index (χ1n) is 4.74. The molecule has 13 heavy (non-hydrogen) atoms. The fourth-order valence-electron chi connectivity index (χ4n) is 1.86. The first kappa shape index (κ1) is 9.04. The van der Waals surface area contributed by atoms with E-state index in [-0.39, 0.29) is 0 Å². The van der Waals surface area contributed by atoms with Crippen molar-refractivity contribution in [1.29, 1.82) is 0 Å². The van der Waals surface area contributed by atoms with Gasteiger partial charge < -0.3 is 5.32 Å². The van der Waals surface area contributed by atoms with Crippen LogP contribution in [0, 0.1) is 5.92 Å². The van der Waals surface area contributed by atoms with Gasteiger partial charge in [0.25, 0.3) is 0 Å². The van der Waals surface area contributed by atoms with E-state index in [1.807, 2.05) is 12.1 Å². The summed E-state index contributed by atoms with van der Waals surface area (Å²) in [5.74, 6) is 0.792. The van der Waals surface area contributed by atoms with E-state index < -0.39 is 0 Å². The molecule has 2 atom stereocenters. The molecule has 1 aromatic carbocycles. The van der Waals surface area contributed by atoms with Crippen LogP contribution in [0.2, 0.25) is 5.02 Å². The Kier molecular flexibility index (Phi) is 2.56. The third-order valence-electron chi connectivity index (χ3n) is 2.62. The van der Waals surface area contributed by atoms with Crippen molar-refractivity contribution in [1.82, 2.24) is 5.32 Å². The molecule has 1 N–H and O–H groups in total. The van der Waals surface area contributed by atoms with Crippen molar-refractivity contribution in [2.75, 3.05) is 6.54 Å². The van der Waals surface area contributed by atoms with Gasteiger partial charge in [-0.1, -0.05) is 30.7 Å². The maximum atomic E-state index is 5.83. The summed E-state index contributed by atoms with van der Waals surface area (Å²) in [6.07, 6.45) is 1.24. The normalized spacial score (nSPS) is 27.8. The highest BCUT2D eigenvalue weighted by atomic mass is 35.5. The fraction of sp³-hybridized carbons (Fsp3) is 0.455. The third-order valence-corrected chi connectivity index (χ3v) is 2.88. The lowest BCUT2D eigenvalue weighted by Crippen LogP contribution is -2.13. The van der Waals surface area contributed by atoms with Gasteiger partial charge in [-0.25, -0.2) is 0 Å². The van der Waals surface area contributed by atoms with Gasteiger partial charge in [-0.05, 0) is 36.6 Å². The zero-order chi connectivity index (χ0) is 9.26. The second kappa shape index (κ2) is 3.69. The Bertz CT molecular complexity index is 281. The molecule has 0 amide bonds.